The van der Waals surface area contributed by atoms with E-state index in [9.17, 15) is 0 Å². The molecule has 0 saturated heterocycles. The van der Waals surface area contributed by atoms with E-state index in [-0.39, 0.29) is 6.04 Å². The Morgan fingerprint density at radius 2 is 2.06 bits per heavy atom. The summed E-state index contributed by atoms with van der Waals surface area (Å²) >= 11 is 3.49. The number of hydrogen-bond acceptors (Lipinski definition) is 2. The van der Waals surface area contributed by atoms with Crippen LogP contribution in [0.3, 0.4) is 0 Å². The summed E-state index contributed by atoms with van der Waals surface area (Å²) in [4.78, 5) is 0. The molecule has 16 heavy (non-hydrogen) atoms. The topological polar surface area (TPSA) is 35.2 Å². The Labute approximate surface area is 104 Å². The Morgan fingerprint density at radius 3 is 2.94 bits per heavy atom. The fourth-order valence-electron chi connectivity index (χ4n) is 2.96. The van der Waals surface area contributed by atoms with E-state index in [4.69, 9.17) is 10.5 Å². The first kappa shape index (κ1) is 10.6. The summed E-state index contributed by atoms with van der Waals surface area (Å²) < 4.78 is 7.14. The molecule has 0 amide bonds. The van der Waals surface area contributed by atoms with Crippen LogP contribution in [0.15, 0.2) is 22.7 Å². The molecular formula is C13H16BrNO. The lowest BCUT2D eigenvalue weighted by Gasteiger charge is -2.40. The fourth-order valence-corrected chi connectivity index (χ4v) is 3.34. The number of nitrogens with two attached hydrogens (primary N) is 1. The van der Waals surface area contributed by atoms with Crippen molar-refractivity contribution in [2.75, 3.05) is 0 Å². The van der Waals surface area contributed by atoms with Gasteiger partial charge in [0.15, 0.2) is 0 Å². The molecule has 3 rings (SSSR count). The molecule has 0 radical (unpaired) electrons. The van der Waals surface area contributed by atoms with Gasteiger partial charge in [-0.05, 0) is 37.5 Å². The zero-order chi connectivity index (χ0) is 11.1. The molecule has 2 aliphatic rings. The van der Waals surface area contributed by atoms with Gasteiger partial charge in [0.1, 0.15) is 11.9 Å². The van der Waals surface area contributed by atoms with E-state index in [1.165, 1.54) is 19.3 Å². The van der Waals surface area contributed by atoms with Gasteiger partial charge >= 0.3 is 0 Å². The van der Waals surface area contributed by atoms with Gasteiger partial charge in [0, 0.05) is 22.0 Å². The van der Waals surface area contributed by atoms with Crippen LogP contribution in [0.25, 0.3) is 0 Å². The molecule has 0 aromatic heterocycles. The van der Waals surface area contributed by atoms with Gasteiger partial charge in [-0.1, -0.05) is 22.4 Å². The molecule has 2 N–H and O–H groups in total. The smallest absolute Gasteiger partial charge is 0.124 e. The van der Waals surface area contributed by atoms with E-state index in [0.29, 0.717) is 12.0 Å². The molecule has 1 saturated carbocycles. The van der Waals surface area contributed by atoms with Crippen LogP contribution in [0.2, 0.25) is 0 Å². The lowest BCUT2D eigenvalue weighted by Crippen LogP contribution is -2.41. The van der Waals surface area contributed by atoms with Crippen LogP contribution in [0.5, 0.6) is 5.75 Å². The van der Waals surface area contributed by atoms with Crippen LogP contribution in [0.4, 0.5) is 0 Å². The predicted molar refractivity (Wildman–Crippen MR) is 67.4 cm³/mol. The maximum absolute atomic E-state index is 6.37. The summed E-state index contributed by atoms with van der Waals surface area (Å²) in [5.41, 5.74) is 7.53. The molecule has 1 aromatic rings. The molecule has 3 heteroatoms. The molecule has 1 fully saturated rings. The van der Waals surface area contributed by atoms with E-state index < -0.39 is 0 Å². The lowest BCUT2D eigenvalue weighted by atomic mass is 9.77. The van der Waals surface area contributed by atoms with Crippen LogP contribution < -0.4 is 10.5 Å². The van der Waals surface area contributed by atoms with Crippen molar-refractivity contribution in [1.29, 1.82) is 0 Å². The van der Waals surface area contributed by atoms with Crippen molar-refractivity contribution in [2.24, 2.45) is 11.7 Å². The molecule has 1 aliphatic heterocycles. The third-order valence-electron chi connectivity index (χ3n) is 3.82. The van der Waals surface area contributed by atoms with E-state index in [0.717, 1.165) is 22.2 Å². The summed E-state index contributed by atoms with van der Waals surface area (Å²) in [5.74, 6) is 1.49. The number of rotatable bonds is 0. The highest BCUT2D eigenvalue weighted by atomic mass is 79.9. The highest BCUT2D eigenvalue weighted by Crippen LogP contribution is 2.43. The van der Waals surface area contributed by atoms with E-state index in [1.54, 1.807) is 0 Å². The maximum Gasteiger partial charge on any atom is 0.124 e. The first-order valence-electron chi connectivity index (χ1n) is 5.97. The SMILES string of the molecule is NC1c2cc(Br)ccc2OC2CCCCC21. The van der Waals surface area contributed by atoms with Crippen molar-refractivity contribution >= 4 is 15.9 Å². The first-order valence-corrected chi connectivity index (χ1v) is 6.77. The van der Waals surface area contributed by atoms with Crippen LogP contribution in [-0.2, 0) is 0 Å². The fraction of sp³-hybridized carbons (Fsp3) is 0.538. The number of benzene rings is 1. The molecule has 2 nitrogen and oxygen atoms in total. The summed E-state index contributed by atoms with van der Waals surface area (Å²) in [6.07, 6.45) is 5.28. The van der Waals surface area contributed by atoms with Crippen molar-refractivity contribution in [2.45, 2.75) is 37.8 Å². The Morgan fingerprint density at radius 1 is 1.25 bits per heavy atom. The van der Waals surface area contributed by atoms with Crippen molar-refractivity contribution in [3.05, 3.63) is 28.2 Å². The normalized spacial score (nSPS) is 32.5. The standard InChI is InChI=1S/C13H16BrNO/c14-8-5-6-12-10(7-8)13(15)9-3-1-2-4-11(9)16-12/h5-7,9,11,13H,1-4,15H2. The van der Waals surface area contributed by atoms with Gasteiger partial charge in [-0.2, -0.15) is 0 Å². The minimum Gasteiger partial charge on any atom is -0.490 e. The maximum atomic E-state index is 6.37. The third-order valence-corrected chi connectivity index (χ3v) is 4.32. The van der Waals surface area contributed by atoms with Gasteiger partial charge in [0.25, 0.3) is 0 Å². The number of halogens is 1. The van der Waals surface area contributed by atoms with Gasteiger partial charge in [-0.3, -0.25) is 0 Å². The summed E-state index contributed by atoms with van der Waals surface area (Å²) in [7, 11) is 0. The zero-order valence-corrected chi connectivity index (χ0v) is 10.7. The monoisotopic (exact) mass is 281 g/mol. The number of hydrogen-bond donors (Lipinski definition) is 1. The average molecular weight is 282 g/mol. The van der Waals surface area contributed by atoms with Gasteiger partial charge < -0.3 is 10.5 Å². The predicted octanol–water partition coefficient (Wildman–Crippen LogP) is 3.40. The third kappa shape index (κ3) is 1.66. The molecule has 1 heterocycles. The Balaban J connectivity index is 2.00. The molecule has 3 atom stereocenters. The molecule has 0 spiro atoms. The van der Waals surface area contributed by atoms with Crippen LogP contribution >= 0.6 is 15.9 Å². The summed E-state index contributed by atoms with van der Waals surface area (Å²) in [5, 5.41) is 0. The quantitative estimate of drug-likeness (QED) is 0.791. The van der Waals surface area contributed by atoms with Crippen LogP contribution in [0, 0.1) is 5.92 Å². The Hall–Kier alpha value is -0.540. The first-order chi connectivity index (χ1) is 7.75. The van der Waals surface area contributed by atoms with Gasteiger partial charge in [-0.15, -0.1) is 0 Å². The van der Waals surface area contributed by atoms with Crippen molar-refractivity contribution in [3.63, 3.8) is 0 Å². The minimum absolute atomic E-state index is 0.145. The van der Waals surface area contributed by atoms with Gasteiger partial charge in [0.05, 0.1) is 0 Å². The van der Waals surface area contributed by atoms with Crippen molar-refractivity contribution < 1.29 is 4.74 Å². The van der Waals surface area contributed by atoms with E-state index >= 15 is 0 Å². The largest absolute Gasteiger partial charge is 0.490 e. The minimum atomic E-state index is 0.145. The summed E-state index contributed by atoms with van der Waals surface area (Å²) in [6, 6.07) is 6.30. The van der Waals surface area contributed by atoms with Crippen molar-refractivity contribution in [3.8, 4) is 5.75 Å². The van der Waals surface area contributed by atoms with Crippen LogP contribution in [-0.4, -0.2) is 6.10 Å². The second kappa shape index (κ2) is 4.04. The molecular weight excluding hydrogens is 266 g/mol. The highest BCUT2D eigenvalue weighted by Gasteiger charge is 2.37. The summed E-state index contributed by atoms with van der Waals surface area (Å²) in [6.45, 7) is 0. The van der Waals surface area contributed by atoms with E-state index in [1.807, 2.05) is 12.1 Å². The second-order valence-corrected chi connectivity index (χ2v) is 5.73. The molecule has 1 aliphatic carbocycles. The van der Waals surface area contributed by atoms with E-state index in [2.05, 4.69) is 22.0 Å². The molecule has 3 unspecified atom stereocenters. The number of ether oxygens (including phenoxy) is 1. The van der Waals surface area contributed by atoms with Crippen molar-refractivity contribution in [1.82, 2.24) is 0 Å². The zero-order valence-electron chi connectivity index (χ0n) is 9.16. The number of fused-ring (bicyclic) bond motifs is 2. The molecule has 86 valence electrons. The van der Waals surface area contributed by atoms with Gasteiger partial charge in [-0.25, -0.2) is 0 Å². The Kier molecular flexibility index (Phi) is 2.68. The molecule has 0 bridgehead atoms. The van der Waals surface area contributed by atoms with Gasteiger partial charge in [0.2, 0.25) is 0 Å². The van der Waals surface area contributed by atoms with Crippen LogP contribution in [0.1, 0.15) is 37.3 Å². The second-order valence-electron chi connectivity index (χ2n) is 4.81. The lowest BCUT2D eigenvalue weighted by molar-refractivity contribution is 0.0567. The average Bonchev–Trinajstić information content (AvgIpc) is 2.31. The Bertz CT molecular complexity index is 407. The molecule has 1 aromatic carbocycles. The highest BCUT2D eigenvalue weighted by molar-refractivity contribution is 9.10.